The van der Waals surface area contributed by atoms with Crippen LogP contribution in [-0.4, -0.2) is 10.1 Å². The van der Waals surface area contributed by atoms with Gasteiger partial charge in [0.2, 0.25) is 0 Å². The molecule has 0 unspecified atom stereocenters. The molecule has 0 aliphatic carbocycles. The Balaban J connectivity index is -0.000000422. The second-order valence-corrected chi connectivity index (χ2v) is 2.57. The summed E-state index contributed by atoms with van der Waals surface area (Å²) in [6, 6.07) is 8.74. The number of benzene rings is 1. The summed E-state index contributed by atoms with van der Waals surface area (Å²) in [4.78, 5) is 13.5. The Morgan fingerprint density at radius 3 is 2.19 bits per heavy atom. The summed E-state index contributed by atoms with van der Waals surface area (Å²) in [5.74, 6) is -0.242. The SMILES string of the molecule is Cl.Cl.Cl.Cl.O=c1[nH]c2ccccc2cc1O. The van der Waals surface area contributed by atoms with E-state index < -0.39 is 5.56 Å². The molecule has 1 aromatic heterocycles. The number of aromatic hydroxyl groups is 1. The Kier molecular flexibility index (Phi) is 11.1. The summed E-state index contributed by atoms with van der Waals surface area (Å²) in [6.45, 7) is 0. The fraction of sp³-hybridized carbons (Fsp3) is 0. The number of rotatable bonds is 0. The van der Waals surface area contributed by atoms with Crippen molar-refractivity contribution in [3.8, 4) is 5.75 Å². The zero-order chi connectivity index (χ0) is 8.55. The Morgan fingerprint density at radius 1 is 1.00 bits per heavy atom. The fourth-order valence-electron chi connectivity index (χ4n) is 1.14. The monoisotopic (exact) mass is 305 g/mol. The van der Waals surface area contributed by atoms with Crippen molar-refractivity contribution in [2.75, 3.05) is 0 Å². The van der Waals surface area contributed by atoms with E-state index >= 15 is 0 Å². The van der Waals surface area contributed by atoms with Gasteiger partial charge in [-0.15, -0.1) is 49.6 Å². The van der Waals surface area contributed by atoms with Gasteiger partial charge in [-0.2, -0.15) is 0 Å². The Morgan fingerprint density at radius 2 is 1.56 bits per heavy atom. The largest absolute Gasteiger partial charge is 0.503 e. The first-order valence-electron chi connectivity index (χ1n) is 3.58. The number of para-hydroxylation sites is 1. The van der Waals surface area contributed by atoms with Crippen molar-refractivity contribution in [1.82, 2.24) is 4.98 Å². The molecule has 0 amide bonds. The van der Waals surface area contributed by atoms with Crippen LogP contribution in [0.4, 0.5) is 0 Å². The van der Waals surface area contributed by atoms with E-state index in [0.29, 0.717) is 0 Å². The molecular formula is C9H11Cl4NO2. The molecule has 2 aromatic rings. The molecule has 0 bridgehead atoms. The molecule has 92 valence electrons. The van der Waals surface area contributed by atoms with E-state index in [-0.39, 0.29) is 55.4 Å². The highest BCUT2D eigenvalue weighted by molar-refractivity contribution is 5.86. The van der Waals surface area contributed by atoms with Gasteiger partial charge in [-0.05, 0) is 12.1 Å². The molecule has 0 aliphatic rings. The highest BCUT2D eigenvalue weighted by Crippen LogP contribution is 2.12. The van der Waals surface area contributed by atoms with E-state index in [0.717, 1.165) is 10.9 Å². The number of aromatic nitrogens is 1. The van der Waals surface area contributed by atoms with Crippen molar-refractivity contribution in [3.05, 3.63) is 40.7 Å². The first-order valence-corrected chi connectivity index (χ1v) is 3.58. The number of fused-ring (bicyclic) bond motifs is 1. The van der Waals surface area contributed by atoms with Gasteiger partial charge in [0.25, 0.3) is 5.56 Å². The van der Waals surface area contributed by atoms with E-state index in [9.17, 15) is 4.79 Å². The Bertz CT molecular complexity index is 486. The van der Waals surface area contributed by atoms with Gasteiger partial charge in [-0.25, -0.2) is 0 Å². The third kappa shape index (κ3) is 4.10. The van der Waals surface area contributed by atoms with Gasteiger partial charge < -0.3 is 10.1 Å². The molecule has 0 saturated carbocycles. The maximum absolute atomic E-state index is 10.9. The summed E-state index contributed by atoms with van der Waals surface area (Å²) in [7, 11) is 0. The van der Waals surface area contributed by atoms with Crippen molar-refractivity contribution in [3.63, 3.8) is 0 Å². The van der Waals surface area contributed by atoms with E-state index in [1.165, 1.54) is 6.07 Å². The molecule has 0 atom stereocenters. The van der Waals surface area contributed by atoms with Crippen molar-refractivity contribution in [1.29, 1.82) is 0 Å². The summed E-state index contributed by atoms with van der Waals surface area (Å²) in [5, 5.41) is 9.90. The lowest BCUT2D eigenvalue weighted by atomic mass is 10.2. The lowest BCUT2D eigenvalue weighted by molar-refractivity contribution is 0.468. The molecule has 1 aromatic carbocycles. The zero-order valence-electron chi connectivity index (χ0n) is 7.88. The minimum absolute atomic E-state index is 0. The number of hydrogen-bond donors (Lipinski definition) is 2. The van der Waals surface area contributed by atoms with E-state index in [4.69, 9.17) is 5.11 Å². The minimum atomic E-state index is -0.450. The van der Waals surface area contributed by atoms with Crippen LogP contribution in [0.25, 0.3) is 10.9 Å². The third-order valence-corrected chi connectivity index (χ3v) is 1.73. The molecule has 7 heteroatoms. The molecule has 16 heavy (non-hydrogen) atoms. The van der Waals surface area contributed by atoms with Crippen LogP contribution in [0.5, 0.6) is 5.75 Å². The molecule has 2 N–H and O–H groups in total. The molecule has 0 radical (unpaired) electrons. The van der Waals surface area contributed by atoms with Gasteiger partial charge >= 0.3 is 0 Å². The van der Waals surface area contributed by atoms with Gasteiger partial charge in [0.15, 0.2) is 5.75 Å². The Labute approximate surface area is 117 Å². The summed E-state index contributed by atoms with van der Waals surface area (Å²) in [6.07, 6.45) is 0. The number of halogens is 4. The van der Waals surface area contributed by atoms with Gasteiger partial charge in [0.05, 0.1) is 0 Å². The quantitative estimate of drug-likeness (QED) is 0.786. The van der Waals surface area contributed by atoms with Gasteiger partial charge in [0, 0.05) is 10.9 Å². The van der Waals surface area contributed by atoms with Gasteiger partial charge in [-0.1, -0.05) is 18.2 Å². The number of nitrogens with one attached hydrogen (secondary N) is 1. The predicted molar refractivity (Wildman–Crippen MR) is 75.2 cm³/mol. The van der Waals surface area contributed by atoms with E-state index in [1.54, 1.807) is 6.07 Å². The molecule has 0 saturated heterocycles. The minimum Gasteiger partial charge on any atom is -0.503 e. The van der Waals surface area contributed by atoms with Crippen molar-refractivity contribution < 1.29 is 5.11 Å². The Hall–Kier alpha value is -0.610. The van der Waals surface area contributed by atoms with E-state index in [1.807, 2.05) is 18.2 Å². The second kappa shape index (κ2) is 8.53. The summed E-state index contributed by atoms with van der Waals surface area (Å²) < 4.78 is 0. The fourth-order valence-corrected chi connectivity index (χ4v) is 1.14. The summed E-state index contributed by atoms with van der Waals surface area (Å²) >= 11 is 0. The van der Waals surface area contributed by atoms with Crippen LogP contribution in [0.3, 0.4) is 0 Å². The van der Waals surface area contributed by atoms with E-state index in [2.05, 4.69) is 4.98 Å². The predicted octanol–water partition coefficient (Wildman–Crippen LogP) is 2.92. The number of aromatic amines is 1. The maximum atomic E-state index is 10.9. The topological polar surface area (TPSA) is 53.1 Å². The van der Waals surface area contributed by atoms with Crippen molar-refractivity contribution >= 4 is 60.5 Å². The van der Waals surface area contributed by atoms with Gasteiger partial charge in [-0.3, -0.25) is 4.79 Å². The first-order chi connectivity index (χ1) is 5.77. The molecular weight excluding hydrogens is 296 g/mol. The van der Waals surface area contributed by atoms with Crippen molar-refractivity contribution in [2.45, 2.75) is 0 Å². The lowest BCUT2D eigenvalue weighted by Gasteiger charge is -1.96. The standard InChI is InChI=1S/C9H7NO2.4ClH/c11-8-5-6-3-1-2-4-7(6)10-9(8)12;;;;/h1-5,11H,(H,10,12);4*1H. The molecule has 0 aliphatic heterocycles. The van der Waals surface area contributed by atoms with Crippen LogP contribution in [0.2, 0.25) is 0 Å². The number of pyridine rings is 1. The lowest BCUT2D eigenvalue weighted by Crippen LogP contribution is -2.03. The highest BCUT2D eigenvalue weighted by atomic mass is 35.5. The van der Waals surface area contributed by atoms with Crippen LogP contribution in [0, 0.1) is 0 Å². The second-order valence-electron chi connectivity index (χ2n) is 2.57. The normalized spacial score (nSPS) is 7.75. The average molecular weight is 307 g/mol. The maximum Gasteiger partial charge on any atom is 0.290 e. The van der Waals surface area contributed by atoms with Crippen LogP contribution in [-0.2, 0) is 0 Å². The van der Waals surface area contributed by atoms with Crippen LogP contribution < -0.4 is 5.56 Å². The van der Waals surface area contributed by atoms with Crippen LogP contribution in [0.15, 0.2) is 35.1 Å². The highest BCUT2D eigenvalue weighted by Gasteiger charge is 1.97. The molecule has 0 fully saturated rings. The number of H-pyrrole nitrogens is 1. The molecule has 0 spiro atoms. The number of hydrogen-bond acceptors (Lipinski definition) is 2. The molecule has 2 rings (SSSR count). The van der Waals surface area contributed by atoms with Gasteiger partial charge in [0.1, 0.15) is 0 Å². The van der Waals surface area contributed by atoms with Crippen LogP contribution >= 0.6 is 49.6 Å². The van der Waals surface area contributed by atoms with Crippen molar-refractivity contribution in [2.24, 2.45) is 0 Å². The third-order valence-electron chi connectivity index (χ3n) is 1.73. The molecule has 3 nitrogen and oxygen atoms in total. The average Bonchev–Trinajstić information content (AvgIpc) is 2.07. The van der Waals surface area contributed by atoms with Crippen LogP contribution in [0.1, 0.15) is 0 Å². The first kappa shape index (κ1) is 20.8. The smallest absolute Gasteiger partial charge is 0.290 e. The summed E-state index contributed by atoms with van der Waals surface area (Å²) in [5.41, 5.74) is 0.286. The molecule has 1 heterocycles. The zero-order valence-corrected chi connectivity index (χ0v) is 11.1.